The molecule has 59 heavy (non-hydrogen) atoms. The normalized spacial score (nSPS) is 11.6. The molecule has 0 aromatic heterocycles. The fourth-order valence-corrected chi connectivity index (χ4v) is 6.62. The van der Waals surface area contributed by atoms with Gasteiger partial charge >= 0.3 is 17.9 Å². The van der Waals surface area contributed by atoms with Crippen LogP contribution in [0, 0.1) is 23.7 Å². The lowest BCUT2D eigenvalue weighted by Crippen LogP contribution is -2.30. The van der Waals surface area contributed by atoms with Crippen LogP contribution in [0.2, 0.25) is 0 Å². The van der Waals surface area contributed by atoms with E-state index in [1.807, 2.05) is 0 Å². The van der Waals surface area contributed by atoms with Crippen molar-refractivity contribution in [2.75, 3.05) is 13.2 Å². The lowest BCUT2D eigenvalue weighted by molar-refractivity contribution is -0.167. The van der Waals surface area contributed by atoms with Crippen molar-refractivity contribution < 1.29 is 28.6 Å². The monoisotopic (exact) mass is 823 g/mol. The van der Waals surface area contributed by atoms with E-state index >= 15 is 0 Å². The van der Waals surface area contributed by atoms with Crippen LogP contribution in [-0.4, -0.2) is 37.2 Å². The van der Waals surface area contributed by atoms with Crippen molar-refractivity contribution >= 4 is 17.9 Å². The van der Waals surface area contributed by atoms with Gasteiger partial charge in [0.15, 0.2) is 6.10 Å². The highest BCUT2D eigenvalue weighted by atomic mass is 16.6. The summed E-state index contributed by atoms with van der Waals surface area (Å²) < 4.78 is 16.7. The van der Waals surface area contributed by atoms with Gasteiger partial charge in [0.05, 0.1) is 0 Å². The van der Waals surface area contributed by atoms with E-state index in [-0.39, 0.29) is 37.5 Å². The zero-order chi connectivity index (χ0) is 43.0. The fraction of sp³-hybridized carbons (Fsp3) is 0.792. The molecule has 0 aliphatic rings. The molecule has 0 radical (unpaired) electrons. The molecule has 0 N–H and O–H groups in total. The summed E-state index contributed by atoms with van der Waals surface area (Å²) in [6.07, 6.45) is 45.7. The summed E-state index contributed by atoms with van der Waals surface area (Å²) in [5.74, 6) is 12.1. The molecule has 0 saturated carbocycles. The number of unbranched alkanes of at least 4 members (excludes halogenated alkanes) is 26. The van der Waals surface area contributed by atoms with Gasteiger partial charge < -0.3 is 14.2 Å². The Morgan fingerprint density at radius 1 is 0.390 bits per heavy atom. The molecule has 0 saturated heterocycles. The van der Waals surface area contributed by atoms with E-state index in [0.29, 0.717) is 19.3 Å². The number of carbonyl (C=O) groups excluding carboxylic acids is 3. The molecule has 0 heterocycles. The zero-order valence-corrected chi connectivity index (χ0v) is 38.7. The SMILES string of the molecule is CCCCC/C=C\C/C=C\CCCCCCCC(=O)OCC(COC(=O)CCCCCC#CCCCCCCCC)OC(=O)CCCCCC#CCCCCCCCC. The summed E-state index contributed by atoms with van der Waals surface area (Å²) >= 11 is 0. The third-order valence-electron chi connectivity index (χ3n) is 10.4. The minimum absolute atomic E-state index is 0.107. The Labute approximate surface area is 364 Å². The first-order chi connectivity index (χ1) is 29.0. The van der Waals surface area contributed by atoms with Crippen LogP contribution in [0.4, 0.5) is 0 Å². The Morgan fingerprint density at radius 3 is 1.15 bits per heavy atom. The van der Waals surface area contributed by atoms with Crippen molar-refractivity contribution in [1.82, 2.24) is 0 Å². The Hall–Kier alpha value is -2.99. The minimum atomic E-state index is -0.810. The third-order valence-corrected chi connectivity index (χ3v) is 10.4. The number of esters is 3. The summed E-state index contributed by atoms with van der Waals surface area (Å²) in [7, 11) is 0. The number of hydrogen-bond acceptors (Lipinski definition) is 6. The predicted molar refractivity (Wildman–Crippen MR) is 249 cm³/mol. The molecule has 0 rings (SSSR count). The van der Waals surface area contributed by atoms with Gasteiger partial charge in [-0.2, -0.15) is 0 Å². The van der Waals surface area contributed by atoms with Gasteiger partial charge in [0.2, 0.25) is 0 Å². The van der Waals surface area contributed by atoms with Crippen molar-refractivity contribution in [2.24, 2.45) is 0 Å². The van der Waals surface area contributed by atoms with Gasteiger partial charge in [-0.25, -0.2) is 0 Å². The van der Waals surface area contributed by atoms with Crippen LogP contribution in [0.25, 0.3) is 0 Å². The molecule has 0 spiro atoms. The molecule has 6 nitrogen and oxygen atoms in total. The molecule has 1 unspecified atom stereocenters. The highest BCUT2D eigenvalue weighted by molar-refractivity contribution is 5.71. The van der Waals surface area contributed by atoms with E-state index in [2.05, 4.69) is 68.8 Å². The number of ether oxygens (including phenoxy) is 3. The topological polar surface area (TPSA) is 78.9 Å². The highest BCUT2D eigenvalue weighted by Crippen LogP contribution is 2.12. The van der Waals surface area contributed by atoms with E-state index < -0.39 is 6.10 Å². The molecule has 0 aliphatic carbocycles. The standard InChI is InChI=1S/C53H90O6/c1-4-7-10-13-16-19-22-25-26-29-31-34-37-40-43-46-52(55)58-49-50(59-53(56)47-44-41-38-35-32-28-24-21-18-15-12-9-6-3)48-57-51(54)45-42-39-36-33-30-27-23-20-17-14-11-8-5-2/h16,19,25-26,50H,4-15,17-18,20-24,29,31,33-49H2,1-3H3/b19-16-,26-25-. The van der Waals surface area contributed by atoms with Gasteiger partial charge in [-0.1, -0.05) is 154 Å². The van der Waals surface area contributed by atoms with Crippen LogP contribution >= 0.6 is 0 Å². The predicted octanol–water partition coefficient (Wildman–Crippen LogP) is 15.2. The van der Waals surface area contributed by atoms with Crippen molar-refractivity contribution in [3.8, 4) is 23.7 Å². The Kier molecular flexibility index (Phi) is 45.3. The molecule has 0 aromatic rings. The van der Waals surface area contributed by atoms with Gasteiger partial charge in [0.25, 0.3) is 0 Å². The lowest BCUT2D eigenvalue weighted by Gasteiger charge is -2.18. The van der Waals surface area contributed by atoms with Crippen molar-refractivity contribution in [3.05, 3.63) is 24.3 Å². The summed E-state index contributed by atoms with van der Waals surface area (Å²) in [5, 5.41) is 0. The molecule has 0 bridgehead atoms. The van der Waals surface area contributed by atoms with Crippen molar-refractivity contribution in [1.29, 1.82) is 0 Å². The average Bonchev–Trinajstić information content (AvgIpc) is 3.23. The second kappa shape index (κ2) is 47.7. The van der Waals surface area contributed by atoms with E-state index in [1.165, 1.54) is 103 Å². The highest BCUT2D eigenvalue weighted by Gasteiger charge is 2.19. The van der Waals surface area contributed by atoms with E-state index in [4.69, 9.17) is 14.2 Å². The van der Waals surface area contributed by atoms with Crippen LogP contribution in [0.5, 0.6) is 0 Å². The molecule has 6 heteroatoms. The van der Waals surface area contributed by atoms with Gasteiger partial charge in [-0.15, -0.1) is 23.7 Å². The smallest absolute Gasteiger partial charge is 0.306 e. The number of rotatable bonds is 41. The first-order valence-corrected chi connectivity index (χ1v) is 24.8. The van der Waals surface area contributed by atoms with Crippen molar-refractivity contribution in [3.63, 3.8) is 0 Å². The van der Waals surface area contributed by atoms with E-state index in [0.717, 1.165) is 103 Å². The van der Waals surface area contributed by atoms with Crippen LogP contribution in [0.3, 0.4) is 0 Å². The molecule has 1 atom stereocenters. The molecular weight excluding hydrogens is 733 g/mol. The first-order valence-electron chi connectivity index (χ1n) is 24.8. The van der Waals surface area contributed by atoms with Crippen LogP contribution in [-0.2, 0) is 28.6 Å². The Morgan fingerprint density at radius 2 is 0.712 bits per heavy atom. The van der Waals surface area contributed by atoms with E-state index in [1.54, 1.807) is 0 Å². The average molecular weight is 823 g/mol. The minimum Gasteiger partial charge on any atom is -0.462 e. The van der Waals surface area contributed by atoms with Gasteiger partial charge in [-0.05, 0) is 77.0 Å². The van der Waals surface area contributed by atoms with Gasteiger partial charge in [-0.3, -0.25) is 14.4 Å². The van der Waals surface area contributed by atoms with Crippen LogP contribution < -0.4 is 0 Å². The number of hydrogen-bond donors (Lipinski definition) is 0. The Balaban J connectivity index is 4.46. The maximum absolute atomic E-state index is 12.7. The van der Waals surface area contributed by atoms with Gasteiger partial charge in [0, 0.05) is 44.9 Å². The summed E-state index contributed by atoms with van der Waals surface area (Å²) in [6.45, 7) is 6.49. The number of carbonyl (C=O) groups is 3. The molecule has 338 valence electrons. The van der Waals surface area contributed by atoms with Crippen LogP contribution in [0.15, 0.2) is 24.3 Å². The maximum atomic E-state index is 12.7. The summed E-state index contributed by atoms with van der Waals surface area (Å²) in [6, 6.07) is 0. The van der Waals surface area contributed by atoms with Gasteiger partial charge in [0.1, 0.15) is 13.2 Å². The quantitative estimate of drug-likeness (QED) is 0.0201. The zero-order valence-electron chi connectivity index (χ0n) is 38.7. The summed E-state index contributed by atoms with van der Waals surface area (Å²) in [4.78, 5) is 37.8. The largest absolute Gasteiger partial charge is 0.462 e. The first kappa shape index (κ1) is 56.0. The summed E-state index contributed by atoms with van der Waals surface area (Å²) in [5.41, 5.74) is 0. The third kappa shape index (κ3) is 45.9. The van der Waals surface area contributed by atoms with E-state index in [9.17, 15) is 14.4 Å². The molecular formula is C53H90O6. The maximum Gasteiger partial charge on any atom is 0.306 e. The molecule has 0 fully saturated rings. The molecule has 0 aromatic carbocycles. The lowest BCUT2D eigenvalue weighted by atomic mass is 10.1. The van der Waals surface area contributed by atoms with Crippen LogP contribution in [0.1, 0.15) is 252 Å². The second-order valence-electron chi connectivity index (χ2n) is 16.3. The Bertz CT molecular complexity index is 1150. The van der Waals surface area contributed by atoms with Crippen molar-refractivity contribution in [2.45, 2.75) is 258 Å². The second-order valence-corrected chi connectivity index (χ2v) is 16.3. The number of allylic oxidation sites excluding steroid dienone is 4. The molecule has 0 aliphatic heterocycles. The fourth-order valence-electron chi connectivity index (χ4n) is 6.62. The molecule has 0 amide bonds.